The van der Waals surface area contributed by atoms with E-state index in [2.05, 4.69) is 17.1 Å². The highest BCUT2D eigenvalue weighted by atomic mass is 35.5. The van der Waals surface area contributed by atoms with Gasteiger partial charge in [0.25, 0.3) is 0 Å². The zero-order valence-corrected chi connectivity index (χ0v) is 16.7. The van der Waals surface area contributed by atoms with Crippen LogP contribution >= 0.6 is 23.2 Å². The largest absolute Gasteiger partial charge is 0.489 e. The first-order chi connectivity index (χ1) is 12.7. The Hall–Kier alpha value is -1.26. The molecule has 1 atom stereocenters. The van der Waals surface area contributed by atoms with Gasteiger partial charge in [-0.15, -0.1) is 0 Å². The first-order valence-electron chi connectivity index (χ1n) is 9.26. The molecule has 0 aromatic heterocycles. The van der Waals surface area contributed by atoms with Crippen LogP contribution in [0, 0.1) is 0 Å². The highest BCUT2D eigenvalue weighted by molar-refractivity contribution is 6.30. The van der Waals surface area contributed by atoms with Crippen molar-refractivity contribution in [3.8, 4) is 5.75 Å². The molecule has 1 N–H and O–H groups in total. The predicted molar refractivity (Wildman–Crippen MR) is 109 cm³/mol. The Balaban J connectivity index is 1.57. The van der Waals surface area contributed by atoms with Gasteiger partial charge in [-0.25, -0.2) is 0 Å². The molecule has 1 aliphatic rings. The van der Waals surface area contributed by atoms with Crippen LogP contribution in [0.1, 0.15) is 30.9 Å². The first kappa shape index (κ1) is 19.5. The maximum atomic E-state index is 6.20. The minimum Gasteiger partial charge on any atom is -0.489 e. The van der Waals surface area contributed by atoms with Gasteiger partial charge in [-0.2, -0.15) is 0 Å². The summed E-state index contributed by atoms with van der Waals surface area (Å²) in [5.41, 5.74) is 2.18. The van der Waals surface area contributed by atoms with Crippen molar-refractivity contribution < 1.29 is 4.74 Å². The number of nitrogens with zero attached hydrogens (tertiary/aromatic N) is 1. The minimum absolute atomic E-state index is 0.512. The Morgan fingerprint density at radius 1 is 1.12 bits per heavy atom. The van der Waals surface area contributed by atoms with E-state index in [-0.39, 0.29) is 0 Å². The van der Waals surface area contributed by atoms with Crippen LogP contribution in [0.5, 0.6) is 5.75 Å². The van der Waals surface area contributed by atoms with E-state index in [0.717, 1.165) is 46.6 Å². The van der Waals surface area contributed by atoms with Crippen molar-refractivity contribution in [1.82, 2.24) is 10.2 Å². The van der Waals surface area contributed by atoms with Crippen LogP contribution in [-0.2, 0) is 13.2 Å². The van der Waals surface area contributed by atoms with Crippen LogP contribution in [0.15, 0.2) is 42.5 Å². The molecular formula is C21H26Cl2N2O. The van der Waals surface area contributed by atoms with E-state index in [0.29, 0.717) is 12.6 Å². The average Bonchev–Trinajstić information content (AvgIpc) is 3.10. The van der Waals surface area contributed by atoms with Crippen LogP contribution in [0.25, 0.3) is 0 Å². The highest BCUT2D eigenvalue weighted by Gasteiger charge is 2.22. The average molecular weight is 393 g/mol. The van der Waals surface area contributed by atoms with Crippen LogP contribution in [0.2, 0.25) is 10.0 Å². The molecule has 2 aromatic carbocycles. The van der Waals surface area contributed by atoms with Crippen molar-refractivity contribution in [2.45, 2.75) is 39.0 Å². The zero-order chi connectivity index (χ0) is 18.4. The van der Waals surface area contributed by atoms with E-state index in [1.54, 1.807) is 0 Å². The van der Waals surface area contributed by atoms with E-state index in [9.17, 15) is 0 Å². The van der Waals surface area contributed by atoms with Crippen LogP contribution < -0.4 is 10.1 Å². The van der Waals surface area contributed by atoms with Gasteiger partial charge in [0.2, 0.25) is 0 Å². The van der Waals surface area contributed by atoms with Gasteiger partial charge in [0, 0.05) is 34.7 Å². The topological polar surface area (TPSA) is 24.5 Å². The fourth-order valence-corrected chi connectivity index (χ4v) is 3.81. The summed E-state index contributed by atoms with van der Waals surface area (Å²) in [6.45, 7) is 6.84. The van der Waals surface area contributed by atoms with Crippen LogP contribution in [0.4, 0.5) is 0 Å². The van der Waals surface area contributed by atoms with Gasteiger partial charge in [-0.3, -0.25) is 4.90 Å². The van der Waals surface area contributed by atoms with Crippen molar-refractivity contribution in [2.75, 3.05) is 19.6 Å². The standard InChI is InChI=1S/C21H26Cl2N2O/c1-2-25-11-3-4-20(25)14-24-13-17-12-19(23)9-10-21(17)26-15-16-5-7-18(22)8-6-16/h5-10,12,20,24H,2-4,11,13-15H2,1H3/t20-/m1/s1. The molecule has 3 rings (SSSR count). The van der Waals surface area contributed by atoms with Gasteiger partial charge in [0.05, 0.1) is 0 Å². The Kier molecular flexibility index (Phi) is 7.21. The third kappa shape index (κ3) is 5.37. The molecule has 26 heavy (non-hydrogen) atoms. The fourth-order valence-electron chi connectivity index (χ4n) is 3.48. The van der Waals surface area contributed by atoms with Crippen molar-refractivity contribution in [3.05, 3.63) is 63.6 Å². The molecular weight excluding hydrogens is 367 g/mol. The van der Waals surface area contributed by atoms with Gasteiger partial charge >= 0.3 is 0 Å². The summed E-state index contributed by atoms with van der Waals surface area (Å²) in [4.78, 5) is 2.54. The van der Waals surface area contributed by atoms with E-state index in [1.165, 1.54) is 19.4 Å². The molecule has 2 aromatic rings. The summed E-state index contributed by atoms with van der Waals surface area (Å²) >= 11 is 12.1. The van der Waals surface area contributed by atoms with E-state index >= 15 is 0 Å². The SMILES string of the molecule is CCN1CCC[C@@H]1CNCc1cc(Cl)ccc1OCc1ccc(Cl)cc1. The molecule has 5 heteroatoms. The normalized spacial score (nSPS) is 17.6. The highest BCUT2D eigenvalue weighted by Crippen LogP contribution is 2.24. The number of ether oxygens (including phenoxy) is 1. The Labute approximate surface area is 166 Å². The predicted octanol–water partition coefficient (Wildman–Crippen LogP) is 5.15. The molecule has 0 spiro atoms. The van der Waals surface area contributed by atoms with E-state index in [4.69, 9.17) is 27.9 Å². The Morgan fingerprint density at radius 3 is 2.65 bits per heavy atom. The smallest absolute Gasteiger partial charge is 0.124 e. The van der Waals surface area contributed by atoms with Crippen LogP contribution in [0.3, 0.4) is 0 Å². The summed E-state index contributed by atoms with van der Waals surface area (Å²) in [7, 11) is 0. The second-order valence-electron chi connectivity index (χ2n) is 6.72. The molecule has 1 fully saturated rings. The third-order valence-electron chi connectivity index (χ3n) is 4.93. The lowest BCUT2D eigenvalue weighted by molar-refractivity contribution is 0.259. The van der Waals surface area contributed by atoms with Gasteiger partial charge in [-0.05, 0) is 61.8 Å². The summed E-state index contributed by atoms with van der Waals surface area (Å²) in [6, 6.07) is 14.2. The molecule has 0 unspecified atom stereocenters. The molecule has 1 saturated heterocycles. The molecule has 0 aliphatic carbocycles. The zero-order valence-electron chi connectivity index (χ0n) is 15.2. The van der Waals surface area contributed by atoms with Crippen molar-refractivity contribution in [2.24, 2.45) is 0 Å². The van der Waals surface area contributed by atoms with Gasteiger partial charge in [-0.1, -0.05) is 42.3 Å². The number of likely N-dealkylation sites (N-methyl/N-ethyl adjacent to an activating group) is 1. The summed E-state index contributed by atoms with van der Waals surface area (Å²) in [5, 5.41) is 5.05. The molecule has 3 nitrogen and oxygen atoms in total. The molecule has 0 amide bonds. The molecule has 0 saturated carbocycles. The molecule has 1 aliphatic heterocycles. The molecule has 0 bridgehead atoms. The number of hydrogen-bond acceptors (Lipinski definition) is 3. The van der Waals surface area contributed by atoms with Crippen LogP contribution in [-0.4, -0.2) is 30.6 Å². The molecule has 140 valence electrons. The van der Waals surface area contributed by atoms with Crippen molar-refractivity contribution in [3.63, 3.8) is 0 Å². The van der Waals surface area contributed by atoms with Gasteiger partial charge in [0.15, 0.2) is 0 Å². The van der Waals surface area contributed by atoms with E-state index in [1.807, 2.05) is 42.5 Å². The summed E-state index contributed by atoms with van der Waals surface area (Å²) in [6.07, 6.45) is 2.57. The number of rotatable bonds is 8. The maximum absolute atomic E-state index is 6.20. The summed E-state index contributed by atoms with van der Waals surface area (Å²) in [5.74, 6) is 0.871. The number of halogens is 2. The second-order valence-corrected chi connectivity index (χ2v) is 7.60. The van der Waals surface area contributed by atoms with Gasteiger partial charge in [0.1, 0.15) is 12.4 Å². The first-order valence-corrected chi connectivity index (χ1v) is 10.0. The third-order valence-corrected chi connectivity index (χ3v) is 5.42. The lowest BCUT2D eigenvalue weighted by Crippen LogP contribution is -2.37. The summed E-state index contributed by atoms with van der Waals surface area (Å²) < 4.78 is 6.03. The van der Waals surface area contributed by atoms with Crippen molar-refractivity contribution >= 4 is 23.2 Å². The Bertz CT molecular complexity index is 706. The lowest BCUT2D eigenvalue weighted by atomic mass is 10.1. The number of benzene rings is 2. The van der Waals surface area contributed by atoms with Crippen molar-refractivity contribution in [1.29, 1.82) is 0 Å². The fraction of sp³-hybridized carbons (Fsp3) is 0.429. The molecule has 0 radical (unpaired) electrons. The minimum atomic E-state index is 0.512. The maximum Gasteiger partial charge on any atom is 0.124 e. The second kappa shape index (κ2) is 9.61. The number of likely N-dealkylation sites (tertiary alicyclic amines) is 1. The molecule has 1 heterocycles. The number of nitrogens with one attached hydrogen (secondary N) is 1. The van der Waals surface area contributed by atoms with E-state index < -0.39 is 0 Å². The monoisotopic (exact) mass is 392 g/mol. The van der Waals surface area contributed by atoms with Gasteiger partial charge < -0.3 is 10.1 Å². The lowest BCUT2D eigenvalue weighted by Gasteiger charge is -2.23. The Morgan fingerprint density at radius 2 is 1.88 bits per heavy atom. The quantitative estimate of drug-likeness (QED) is 0.672. The number of hydrogen-bond donors (Lipinski definition) is 1.